The van der Waals surface area contributed by atoms with Gasteiger partial charge in [-0.05, 0) is 39.8 Å². The van der Waals surface area contributed by atoms with Crippen molar-refractivity contribution in [2.45, 2.75) is 51.5 Å². The summed E-state index contributed by atoms with van der Waals surface area (Å²) in [6.07, 6.45) is 12.3. The minimum atomic E-state index is 0.239. The number of hydrogen-bond donors (Lipinski definition) is 2. The zero-order valence-corrected chi connectivity index (χ0v) is 16.5. The number of nitrogens with zero attached hydrogens (tertiary/aromatic N) is 4. The van der Waals surface area contributed by atoms with Crippen LogP contribution in [0.2, 0.25) is 0 Å². The summed E-state index contributed by atoms with van der Waals surface area (Å²) in [5.41, 5.74) is 1.20. The first-order valence-corrected chi connectivity index (χ1v) is 9.77. The molecule has 0 spiro atoms. The van der Waals surface area contributed by atoms with Gasteiger partial charge in [-0.2, -0.15) is 5.10 Å². The summed E-state index contributed by atoms with van der Waals surface area (Å²) < 4.78 is 1.85. The van der Waals surface area contributed by atoms with E-state index in [1.54, 1.807) is 0 Å². The van der Waals surface area contributed by atoms with Crippen LogP contribution in [0.15, 0.2) is 17.4 Å². The van der Waals surface area contributed by atoms with Gasteiger partial charge in [-0.15, -0.1) is 0 Å². The second kappa shape index (κ2) is 10.4. The third-order valence-corrected chi connectivity index (χ3v) is 5.06. The molecule has 1 aliphatic carbocycles. The zero-order chi connectivity index (χ0) is 18.1. The molecule has 0 aromatic carbocycles. The summed E-state index contributed by atoms with van der Waals surface area (Å²) in [7, 11) is 6.14. The summed E-state index contributed by atoms with van der Waals surface area (Å²) in [5, 5.41) is 11.1. The van der Waals surface area contributed by atoms with Crippen LogP contribution in [0, 0.1) is 5.92 Å². The number of rotatable bonds is 9. The molecule has 1 atom stereocenters. The minimum absolute atomic E-state index is 0.239. The second-order valence-corrected chi connectivity index (χ2v) is 7.37. The van der Waals surface area contributed by atoms with Crippen LogP contribution in [0.3, 0.4) is 0 Å². The highest BCUT2D eigenvalue weighted by atomic mass is 15.2. The standard InChI is InChI=1S/C19H36N6/c1-5-20-19(21-12-8-11-16-9-6-7-10-16)22-14-18(24(2)3)17-13-23-25(4)15-17/h13,15-16,18H,5-12,14H2,1-4H3,(H2,20,21,22). The maximum atomic E-state index is 4.81. The second-order valence-electron chi connectivity index (χ2n) is 7.37. The fraction of sp³-hybridized carbons (Fsp3) is 0.789. The maximum Gasteiger partial charge on any atom is 0.191 e. The van der Waals surface area contributed by atoms with Crippen molar-refractivity contribution >= 4 is 5.96 Å². The molecule has 1 fully saturated rings. The summed E-state index contributed by atoms with van der Waals surface area (Å²) in [5.74, 6) is 1.88. The monoisotopic (exact) mass is 348 g/mol. The molecule has 1 aromatic rings. The molecule has 1 aromatic heterocycles. The van der Waals surface area contributed by atoms with Crippen LogP contribution in [0.1, 0.15) is 57.1 Å². The quantitative estimate of drug-likeness (QED) is 0.409. The third-order valence-electron chi connectivity index (χ3n) is 5.06. The Morgan fingerprint density at radius 3 is 2.72 bits per heavy atom. The van der Waals surface area contributed by atoms with Gasteiger partial charge in [0.15, 0.2) is 5.96 Å². The van der Waals surface area contributed by atoms with Crippen molar-refractivity contribution in [3.05, 3.63) is 18.0 Å². The highest BCUT2D eigenvalue weighted by molar-refractivity contribution is 5.79. The molecule has 0 amide bonds. The van der Waals surface area contributed by atoms with Crippen molar-refractivity contribution < 1.29 is 0 Å². The predicted molar refractivity (Wildman–Crippen MR) is 105 cm³/mol. The molecule has 1 heterocycles. The van der Waals surface area contributed by atoms with E-state index in [0.29, 0.717) is 0 Å². The third kappa shape index (κ3) is 6.69. The minimum Gasteiger partial charge on any atom is -0.357 e. The molecule has 2 N–H and O–H groups in total. The molecule has 0 aliphatic heterocycles. The van der Waals surface area contributed by atoms with Crippen molar-refractivity contribution in [3.8, 4) is 0 Å². The van der Waals surface area contributed by atoms with Gasteiger partial charge in [0.05, 0.1) is 18.8 Å². The van der Waals surface area contributed by atoms with Crippen LogP contribution in [-0.4, -0.2) is 54.4 Å². The van der Waals surface area contributed by atoms with Gasteiger partial charge in [0, 0.05) is 31.9 Å². The normalized spacial score (nSPS) is 17.2. The van der Waals surface area contributed by atoms with E-state index in [4.69, 9.17) is 4.99 Å². The Balaban J connectivity index is 1.83. The largest absolute Gasteiger partial charge is 0.357 e. The number of nitrogens with one attached hydrogen (secondary N) is 2. The average molecular weight is 349 g/mol. The molecule has 0 saturated heterocycles. The Morgan fingerprint density at radius 1 is 1.36 bits per heavy atom. The lowest BCUT2D eigenvalue weighted by molar-refractivity contribution is 0.306. The van der Waals surface area contributed by atoms with Crippen molar-refractivity contribution in [1.82, 2.24) is 25.3 Å². The van der Waals surface area contributed by atoms with Crippen LogP contribution in [0.25, 0.3) is 0 Å². The first-order valence-electron chi connectivity index (χ1n) is 9.77. The number of aliphatic imine (C=N–C) groups is 1. The fourth-order valence-electron chi connectivity index (χ4n) is 3.60. The van der Waals surface area contributed by atoms with E-state index >= 15 is 0 Å². The van der Waals surface area contributed by atoms with Gasteiger partial charge in [0.1, 0.15) is 0 Å². The van der Waals surface area contributed by atoms with Crippen LogP contribution in [-0.2, 0) is 7.05 Å². The van der Waals surface area contributed by atoms with Crippen molar-refractivity contribution in [2.75, 3.05) is 33.7 Å². The Bertz CT molecular complexity index is 516. The van der Waals surface area contributed by atoms with E-state index in [1.807, 2.05) is 17.9 Å². The fourth-order valence-corrected chi connectivity index (χ4v) is 3.60. The van der Waals surface area contributed by atoms with Crippen molar-refractivity contribution in [3.63, 3.8) is 0 Å². The topological polar surface area (TPSA) is 57.5 Å². The van der Waals surface area contributed by atoms with E-state index < -0.39 is 0 Å². The molecule has 0 radical (unpaired) electrons. The molecular formula is C19H36N6. The first-order chi connectivity index (χ1) is 12.1. The number of guanidine groups is 1. The number of aryl methyl sites for hydroxylation is 1. The van der Waals surface area contributed by atoms with Crippen LogP contribution in [0.4, 0.5) is 0 Å². The van der Waals surface area contributed by atoms with Crippen LogP contribution in [0.5, 0.6) is 0 Å². The lowest BCUT2D eigenvalue weighted by Gasteiger charge is -2.22. The van der Waals surface area contributed by atoms with E-state index in [-0.39, 0.29) is 6.04 Å². The molecule has 1 unspecified atom stereocenters. The van der Waals surface area contributed by atoms with Gasteiger partial charge < -0.3 is 15.5 Å². The molecule has 142 valence electrons. The summed E-state index contributed by atoms with van der Waals surface area (Å²) in [6.45, 7) is 4.72. The number of aromatic nitrogens is 2. The number of likely N-dealkylation sites (N-methyl/N-ethyl adjacent to an activating group) is 1. The Kier molecular flexibility index (Phi) is 8.25. The molecule has 6 nitrogen and oxygen atoms in total. The zero-order valence-electron chi connectivity index (χ0n) is 16.5. The number of hydrogen-bond acceptors (Lipinski definition) is 3. The smallest absolute Gasteiger partial charge is 0.191 e. The van der Waals surface area contributed by atoms with Crippen LogP contribution < -0.4 is 10.6 Å². The highest BCUT2D eigenvalue weighted by Gasteiger charge is 2.16. The molecule has 2 rings (SSSR count). The Morgan fingerprint density at radius 2 is 2.12 bits per heavy atom. The summed E-state index contributed by atoms with van der Waals surface area (Å²) >= 11 is 0. The molecule has 25 heavy (non-hydrogen) atoms. The highest BCUT2D eigenvalue weighted by Crippen LogP contribution is 2.28. The van der Waals surface area contributed by atoms with Gasteiger partial charge in [-0.1, -0.05) is 25.7 Å². The molecule has 1 saturated carbocycles. The molecule has 1 aliphatic rings. The Hall–Kier alpha value is -1.56. The maximum absolute atomic E-state index is 4.81. The van der Waals surface area contributed by atoms with E-state index in [0.717, 1.165) is 31.5 Å². The van der Waals surface area contributed by atoms with Gasteiger partial charge in [-0.25, -0.2) is 0 Å². The van der Waals surface area contributed by atoms with Gasteiger partial charge in [-0.3, -0.25) is 9.67 Å². The van der Waals surface area contributed by atoms with Crippen molar-refractivity contribution in [1.29, 1.82) is 0 Å². The summed E-state index contributed by atoms with van der Waals surface area (Å²) in [6, 6.07) is 0.239. The van der Waals surface area contributed by atoms with E-state index in [9.17, 15) is 0 Å². The molecule has 6 heteroatoms. The molecular weight excluding hydrogens is 312 g/mol. The lowest BCUT2D eigenvalue weighted by atomic mass is 10.0. The van der Waals surface area contributed by atoms with Gasteiger partial charge >= 0.3 is 0 Å². The van der Waals surface area contributed by atoms with Crippen molar-refractivity contribution in [2.24, 2.45) is 18.0 Å². The van der Waals surface area contributed by atoms with Gasteiger partial charge in [0.25, 0.3) is 0 Å². The Labute approximate surface area is 153 Å². The average Bonchev–Trinajstić information content (AvgIpc) is 3.23. The summed E-state index contributed by atoms with van der Waals surface area (Å²) in [4.78, 5) is 7.00. The van der Waals surface area contributed by atoms with E-state index in [2.05, 4.69) is 47.8 Å². The van der Waals surface area contributed by atoms with Gasteiger partial charge in [0.2, 0.25) is 0 Å². The first kappa shape index (κ1) is 19.8. The predicted octanol–water partition coefficient (Wildman–Crippen LogP) is 2.55. The van der Waals surface area contributed by atoms with Crippen LogP contribution >= 0.6 is 0 Å². The van der Waals surface area contributed by atoms with E-state index in [1.165, 1.54) is 44.1 Å². The SMILES string of the molecule is CCNC(=NCC(c1cnn(C)c1)N(C)C)NCCCC1CCCC1. The molecule has 0 bridgehead atoms. The lowest BCUT2D eigenvalue weighted by Crippen LogP contribution is -2.38.